The van der Waals surface area contributed by atoms with Crippen LogP contribution in [-0.4, -0.2) is 30.9 Å². The van der Waals surface area contributed by atoms with Gasteiger partial charge >= 0.3 is 0 Å². The zero-order valence-corrected chi connectivity index (χ0v) is 15.7. The van der Waals surface area contributed by atoms with Crippen LogP contribution in [0.25, 0.3) is 5.70 Å². The summed E-state index contributed by atoms with van der Waals surface area (Å²) in [6.07, 6.45) is 3.61. The molecule has 6 nitrogen and oxygen atoms in total. The van der Waals surface area contributed by atoms with Crippen LogP contribution in [0.1, 0.15) is 11.1 Å². The standard InChI is InChI=1S/C18H19F2N5OS/c1-26-15-7-12(19)3-4-13(15)14-8-17(23-10-22-14)25(21)18-6-11(9-27-2)5-16(20)24-18/h3-8,22H,9-10,21H2,1-2H3. The fraction of sp³-hybridized carbons (Fsp3) is 0.222. The van der Waals surface area contributed by atoms with Crippen molar-refractivity contribution in [2.45, 2.75) is 5.75 Å². The summed E-state index contributed by atoms with van der Waals surface area (Å²) in [7, 11) is 1.47. The molecular weight excluding hydrogens is 372 g/mol. The molecule has 0 atom stereocenters. The van der Waals surface area contributed by atoms with Crippen molar-refractivity contribution in [1.29, 1.82) is 0 Å². The van der Waals surface area contributed by atoms with E-state index in [4.69, 9.17) is 10.6 Å². The molecule has 2 heterocycles. The van der Waals surface area contributed by atoms with Crippen LogP contribution in [0, 0.1) is 11.8 Å². The van der Waals surface area contributed by atoms with Crippen LogP contribution in [-0.2, 0) is 5.75 Å². The van der Waals surface area contributed by atoms with Crippen molar-refractivity contribution in [2.75, 3.05) is 25.0 Å². The van der Waals surface area contributed by atoms with E-state index in [9.17, 15) is 8.78 Å². The van der Waals surface area contributed by atoms with Crippen LogP contribution in [0.5, 0.6) is 5.75 Å². The summed E-state index contributed by atoms with van der Waals surface area (Å²) in [4.78, 5) is 8.16. The third-order valence-corrected chi connectivity index (χ3v) is 4.50. The molecule has 0 fully saturated rings. The summed E-state index contributed by atoms with van der Waals surface area (Å²) in [6, 6.07) is 7.34. The first-order valence-electron chi connectivity index (χ1n) is 8.06. The first-order chi connectivity index (χ1) is 13.0. The molecule has 1 aromatic heterocycles. The van der Waals surface area contributed by atoms with E-state index in [2.05, 4.69) is 15.3 Å². The summed E-state index contributed by atoms with van der Waals surface area (Å²) in [5, 5.41) is 4.33. The molecule has 27 heavy (non-hydrogen) atoms. The Bertz CT molecular complexity index is 903. The van der Waals surface area contributed by atoms with Crippen LogP contribution in [0.15, 0.2) is 41.4 Å². The molecule has 2 aromatic rings. The number of nitrogens with zero attached hydrogens (tertiary/aromatic N) is 3. The Morgan fingerprint density at radius 2 is 2.11 bits per heavy atom. The number of benzene rings is 1. The highest BCUT2D eigenvalue weighted by Gasteiger charge is 2.18. The minimum atomic E-state index is -0.606. The number of hydrazine groups is 1. The molecular formula is C18H19F2N5OS. The van der Waals surface area contributed by atoms with Gasteiger partial charge in [0.25, 0.3) is 0 Å². The Morgan fingerprint density at radius 3 is 2.85 bits per heavy atom. The number of hydrogen-bond acceptors (Lipinski definition) is 7. The molecule has 1 aliphatic rings. The number of nitrogens with two attached hydrogens (primary N) is 1. The number of halogens is 2. The lowest BCUT2D eigenvalue weighted by molar-refractivity contribution is 0.409. The number of amidine groups is 1. The van der Waals surface area contributed by atoms with E-state index >= 15 is 0 Å². The van der Waals surface area contributed by atoms with E-state index in [0.29, 0.717) is 28.6 Å². The van der Waals surface area contributed by atoms with Gasteiger partial charge < -0.3 is 10.1 Å². The minimum Gasteiger partial charge on any atom is -0.496 e. The average Bonchev–Trinajstić information content (AvgIpc) is 2.67. The average molecular weight is 391 g/mol. The Hall–Kier alpha value is -2.65. The van der Waals surface area contributed by atoms with Crippen LogP contribution in [0.4, 0.5) is 14.6 Å². The number of thioether (sulfide) groups is 1. The van der Waals surface area contributed by atoms with E-state index in [0.717, 1.165) is 5.56 Å². The summed E-state index contributed by atoms with van der Waals surface area (Å²) in [5.41, 5.74) is 2.10. The van der Waals surface area contributed by atoms with Crippen molar-refractivity contribution >= 4 is 29.1 Å². The summed E-state index contributed by atoms with van der Waals surface area (Å²) in [5.74, 6) is 6.80. The maximum absolute atomic E-state index is 13.8. The van der Waals surface area contributed by atoms with Gasteiger partial charge in [0.15, 0.2) is 5.82 Å². The molecule has 3 rings (SSSR count). The van der Waals surface area contributed by atoms with Crippen molar-refractivity contribution in [3.63, 3.8) is 0 Å². The number of aromatic nitrogens is 1. The lowest BCUT2D eigenvalue weighted by atomic mass is 10.1. The number of anilines is 1. The molecule has 0 bridgehead atoms. The molecule has 1 aliphatic heterocycles. The number of pyridine rings is 1. The van der Waals surface area contributed by atoms with Crippen LogP contribution >= 0.6 is 11.8 Å². The maximum atomic E-state index is 13.8. The molecule has 3 N–H and O–H groups in total. The predicted octanol–water partition coefficient (Wildman–Crippen LogP) is 2.91. The van der Waals surface area contributed by atoms with Crippen molar-refractivity contribution in [3.8, 4) is 5.75 Å². The highest BCUT2D eigenvalue weighted by Crippen LogP contribution is 2.27. The fourth-order valence-electron chi connectivity index (χ4n) is 2.66. The third-order valence-electron chi connectivity index (χ3n) is 3.88. The van der Waals surface area contributed by atoms with Crippen molar-refractivity contribution in [1.82, 2.24) is 10.3 Å². The molecule has 9 heteroatoms. The summed E-state index contributed by atoms with van der Waals surface area (Å²) >= 11 is 1.57. The monoisotopic (exact) mass is 391 g/mol. The summed E-state index contributed by atoms with van der Waals surface area (Å²) < 4.78 is 32.5. The number of nitrogens with one attached hydrogen (secondary N) is 1. The van der Waals surface area contributed by atoms with E-state index in [1.165, 1.54) is 30.3 Å². The van der Waals surface area contributed by atoms with Gasteiger partial charge in [0.2, 0.25) is 5.95 Å². The van der Waals surface area contributed by atoms with Gasteiger partial charge in [-0.05, 0) is 36.1 Å². The zero-order chi connectivity index (χ0) is 19.4. The van der Waals surface area contributed by atoms with E-state index in [-0.39, 0.29) is 12.5 Å². The van der Waals surface area contributed by atoms with E-state index in [1.807, 2.05) is 6.26 Å². The van der Waals surface area contributed by atoms with Gasteiger partial charge in [-0.2, -0.15) is 16.2 Å². The van der Waals surface area contributed by atoms with Gasteiger partial charge in [0, 0.05) is 23.5 Å². The Labute approximate surface area is 160 Å². The number of methoxy groups -OCH3 is 1. The van der Waals surface area contributed by atoms with Crippen molar-refractivity contribution in [3.05, 3.63) is 59.3 Å². The van der Waals surface area contributed by atoms with Crippen LogP contribution in [0.2, 0.25) is 0 Å². The molecule has 1 aromatic carbocycles. The number of ether oxygens (including phenoxy) is 1. The first-order valence-corrected chi connectivity index (χ1v) is 9.45. The van der Waals surface area contributed by atoms with Gasteiger partial charge in [-0.3, -0.25) is 0 Å². The van der Waals surface area contributed by atoms with Crippen molar-refractivity contribution < 1.29 is 13.5 Å². The highest BCUT2D eigenvalue weighted by atomic mass is 32.2. The molecule has 0 saturated heterocycles. The summed E-state index contributed by atoms with van der Waals surface area (Å²) in [6.45, 7) is 0.252. The van der Waals surface area contributed by atoms with Gasteiger partial charge in [-0.1, -0.05) is 0 Å². The van der Waals surface area contributed by atoms with Crippen LogP contribution in [0.3, 0.4) is 0 Å². The van der Waals surface area contributed by atoms with E-state index < -0.39 is 11.8 Å². The smallest absolute Gasteiger partial charge is 0.215 e. The van der Waals surface area contributed by atoms with Gasteiger partial charge in [-0.15, -0.1) is 0 Å². The lowest BCUT2D eigenvalue weighted by Gasteiger charge is -2.23. The molecule has 0 spiro atoms. The largest absolute Gasteiger partial charge is 0.496 e. The number of hydrogen-bond donors (Lipinski definition) is 2. The maximum Gasteiger partial charge on any atom is 0.215 e. The SMILES string of the molecule is COc1cc(F)ccc1C1=CC(N(N)c2cc(CSC)cc(F)n2)=NCN1. The highest BCUT2D eigenvalue weighted by molar-refractivity contribution is 7.97. The molecule has 142 valence electrons. The number of rotatable bonds is 5. The normalized spacial score (nSPS) is 13.5. The van der Waals surface area contributed by atoms with Gasteiger partial charge in [0.05, 0.1) is 12.8 Å². The number of aliphatic imine (C=N–C) groups is 1. The Morgan fingerprint density at radius 1 is 1.30 bits per heavy atom. The quantitative estimate of drug-likeness (QED) is 0.464. The topological polar surface area (TPSA) is 75.8 Å². The van der Waals surface area contributed by atoms with Crippen molar-refractivity contribution in [2.24, 2.45) is 10.8 Å². The van der Waals surface area contributed by atoms with Gasteiger partial charge in [-0.25, -0.2) is 25.2 Å². The second kappa shape index (κ2) is 8.36. The molecule has 0 amide bonds. The third kappa shape index (κ3) is 4.37. The fourth-order valence-corrected chi connectivity index (χ4v) is 3.16. The Balaban J connectivity index is 1.93. The second-order valence-electron chi connectivity index (χ2n) is 5.71. The molecule has 0 aliphatic carbocycles. The zero-order valence-electron chi connectivity index (χ0n) is 14.9. The minimum absolute atomic E-state index is 0.251. The van der Waals surface area contributed by atoms with Gasteiger partial charge in [0.1, 0.15) is 24.1 Å². The van der Waals surface area contributed by atoms with Crippen LogP contribution < -0.4 is 20.9 Å². The predicted molar refractivity (Wildman–Crippen MR) is 104 cm³/mol. The Kier molecular flexibility index (Phi) is 5.92. The van der Waals surface area contributed by atoms with E-state index in [1.54, 1.807) is 30.0 Å². The molecule has 0 unspecified atom stereocenters. The molecule has 0 saturated carbocycles. The first kappa shape index (κ1) is 19.1. The lowest BCUT2D eigenvalue weighted by Crippen LogP contribution is -2.40. The molecule has 0 radical (unpaired) electrons. The second-order valence-corrected chi connectivity index (χ2v) is 6.58.